The summed E-state index contributed by atoms with van der Waals surface area (Å²) in [6.07, 6.45) is 4.63. The highest BCUT2D eigenvalue weighted by Gasteiger charge is 2.13. The van der Waals surface area contributed by atoms with Gasteiger partial charge in [0.2, 0.25) is 0 Å². The number of carboxylic acid groups (broad SMARTS) is 1. The van der Waals surface area contributed by atoms with Gasteiger partial charge in [0.05, 0.1) is 12.1 Å². The van der Waals surface area contributed by atoms with Gasteiger partial charge >= 0.3 is 5.97 Å². The Bertz CT molecular complexity index is 488. The average molecular weight is 236 g/mol. The molecule has 84 valence electrons. The predicted molar refractivity (Wildman–Crippen MR) is 62.2 cm³/mol. The zero-order valence-electron chi connectivity index (χ0n) is 8.88. The van der Waals surface area contributed by atoms with Crippen molar-refractivity contribution in [1.29, 1.82) is 0 Å². The lowest BCUT2D eigenvalue weighted by molar-refractivity contribution is -0.136. The van der Waals surface area contributed by atoms with Gasteiger partial charge in [-0.05, 0) is 18.6 Å². The van der Waals surface area contributed by atoms with Crippen molar-refractivity contribution in [2.75, 3.05) is 0 Å². The lowest BCUT2D eigenvalue weighted by Gasteiger charge is -1.94. The van der Waals surface area contributed by atoms with Crippen molar-refractivity contribution in [3.8, 4) is 5.13 Å². The minimum atomic E-state index is -0.834. The first-order valence-corrected chi connectivity index (χ1v) is 5.86. The number of aromatic nitrogens is 2. The Hall–Kier alpha value is -1.62. The van der Waals surface area contributed by atoms with E-state index in [4.69, 9.17) is 5.11 Å². The number of aliphatic carboxylic acids is 1. The smallest absolute Gasteiger partial charge is 0.309 e. The van der Waals surface area contributed by atoms with Crippen LogP contribution in [0, 0.1) is 0 Å². The molecule has 0 aliphatic heterocycles. The summed E-state index contributed by atoms with van der Waals surface area (Å²) in [4.78, 5) is 16.1. The summed E-state index contributed by atoms with van der Waals surface area (Å²) >= 11 is 1.55. The van der Waals surface area contributed by atoms with Crippen LogP contribution >= 0.6 is 11.3 Å². The SMILES string of the molecule is CCc1sc(-n2cccc2)nc1CC(=O)O. The van der Waals surface area contributed by atoms with Crippen molar-refractivity contribution >= 4 is 17.3 Å². The second-order valence-corrected chi connectivity index (χ2v) is 4.44. The number of aryl methyl sites for hydroxylation is 1. The number of carboxylic acids is 1. The molecule has 5 heteroatoms. The molecular formula is C11H12N2O2S. The normalized spacial score (nSPS) is 10.6. The lowest BCUT2D eigenvalue weighted by Crippen LogP contribution is -2.02. The van der Waals surface area contributed by atoms with E-state index in [2.05, 4.69) is 4.98 Å². The quantitative estimate of drug-likeness (QED) is 0.884. The lowest BCUT2D eigenvalue weighted by atomic mass is 10.2. The summed E-state index contributed by atoms with van der Waals surface area (Å²) in [5, 5.41) is 9.62. The average Bonchev–Trinajstić information content (AvgIpc) is 2.83. The van der Waals surface area contributed by atoms with E-state index in [9.17, 15) is 4.79 Å². The van der Waals surface area contributed by atoms with Gasteiger partial charge in [-0.2, -0.15) is 0 Å². The Morgan fingerprint density at radius 2 is 2.19 bits per heavy atom. The van der Waals surface area contributed by atoms with Crippen LogP contribution in [0.1, 0.15) is 17.5 Å². The number of rotatable bonds is 4. The number of carbonyl (C=O) groups is 1. The van der Waals surface area contributed by atoms with Crippen LogP contribution in [0.25, 0.3) is 5.13 Å². The summed E-state index contributed by atoms with van der Waals surface area (Å²) in [7, 11) is 0. The standard InChI is InChI=1S/C11H12N2O2S/c1-2-9-8(7-10(14)15)12-11(16-9)13-5-3-4-6-13/h3-6H,2,7H2,1H3,(H,14,15). The van der Waals surface area contributed by atoms with E-state index in [-0.39, 0.29) is 6.42 Å². The topological polar surface area (TPSA) is 55.1 Å². The maximum absolute atomic E-state index is 10.7. The van der Waals surface area contributed by atoms with Crippen molar-refractivity contribution in [1.82, 2.24) is 9.55 Å². The van der Waals surface area contributed by atoms with E-state index >= 15 is 0 Å². The molecule has 0 aliphatic carbocycles. The third-order valence-corrected chi connectivity index (χ3v) is 3.49. The molecule has 0 unspecified atom stereocenters. The highest BCUT2D eigenvalue weighted by Crippen LogP contribution is 2.23. The molecule has 0 aliphatic rings. The zero-order chi connectivity index (χ0) is 11.5. The molecule has 0 aromatic carbocycles. The molecule has 16 heavy (non-hydrogen) atoms. The molecule has 2 heterocycles. The van der Waals surface area contributed by atoms with Gasteiger partial charge in [0.1, 0.15) is 0 Å². The molecule has 4 nitrogen and oxygen atoms in total. The first-order valence-electron chi connectivity index (χ1n) is 5.04. The van der Waals surface area contributed by atoms with E-state index in [0.717, 1.165) is 16.4 Å². The van der Waals surface area contributed by atoms with Crippen molar-refractivity contribution < 1.29 is 9.90 Å². The molecule has 0 saturated heterocycles. The molecule has 0 spiro atoms. The number of hydrogen-bond acceptors (Lipinski definition) is 3. The largest absolute Gasteiger partial charge is 0.481 e. The second-order valence-electron chi connectivity index (χ2n) is 3.38. The maximum atomic E-state index is 10.7. The van der Waals surface area contributed by atoms with Crippen molar-refractivity contribution in [2.45, 2.75) is 19.8 Å². The molecular weight excluding hydrogens is 224 g/mol. The van der Waals surface area contributed by atoms with Gasteiger partial charge in [-0.3, -0.25) is 4.79 Å². The molecule has 0 radical (unpaired) electrons. The second kappa shape index (κ2) is 4.49. The molecule has 2 aromatic rings. The molecule has 1 N–H and O–H groups in total. The molecule has 0 atom stereocenters. The molecule has 2 rings (SSSR count). The zero-order valence-corrected chi connectivity index (χ0v) is 9.70. The monoisotopic (exact) mass is 236 g/mol. The van der Waals surface area contributed by atoms with E-state index < -0.39 is 5.97 Å². The Morgan fingerprint density at radius 1 is 1.50 bits per heavy atom. The number of nitrogens with zero attached hydrogens (tertiary/aromatic N) is 2. The van der Waals surface area contributed by atoms with Crippen LogP contribution in [0.3, 0.4) is 0 Å². The van der Waals surface area contributed by atoms with Crippen LogP contribution in [0.2, 0.25) is 0 Å². The molecule has 0 amide bonds. The molecule has 0 saturated carbocycles. The predicted octanol–water partition coefficient (Wildman–Crippen LogP) is 2.12. The van der Waals surface area contributed by atoms with Gasteiger partial charge in [-0.15, -0.1) is 11.3 Å². The van der Waals surface area contributed by atoms with E-state index in [1.165, 1.54) is 0 Å². The van der Waals surface area contributed by atoms with Crippen LogP contribution in [0.4, 0.5) is 0 Å². The van der Waals surface area contributed by atoms with Gasteiger partial charge < -0.3 is 9.67 Å². The minimum absolute atomic E-state index is 0.000934. The molecule has 0 bridgehead atoms. The Kier molecular flexibility index (Phi) is 3.05. The highest BCUT2D eigenvalue weighted by atomic mass is 32.1. The fourth-order valence-electron chi connectivity index (χ4n) is 1.50. The van der Waals surface area contributed by atoms with Crippen LogP contribution < -0.4 is 0 Å². The van der Waals surface area contributed by atoms with E-state index in [1.807, 2.05) is 36.0 Å². The van der Waals surface area contributed by atoms with Gasteiger partial charge in [0.25, 0.3) is 0 Å². The Labute approximate surface area is 97.2 Å². The number of thiazole rings is 1. The Morgan fingerprint density at radius 3 is 2.75 bits per heavy atom. The summed E-state index contributed by atoms with van der Waals surface area (Å²) in [6, 6.07) is 3.84. The fourth-order valence-corrected chi connectivity index (χ4v) is 2.48. The fraction of sp³-hybridized carbons (Fsp3) is 0.273. The van der Waals surface area contributed by atoms with Crippen LogP contribution in [-0.2, 0) is 17.6 Å². The minimum Gasteiger partial charge on any atom is -0.481 e. The van der Waals surface area contributed by atoms with Gasteiger partial charge in [0.15, 0.2) is 5.13 Å². The first-order chi connectivity index (χ1) is 7.70. The van der Waals surface area contributed by atoms with Gasteiger partial charge in [0, 0.05) is 17.3 Å². The number of hydrogen-bond donors (Lipinski definition) is 1. The third kappa shape index (κ3) is 2.14. The summed E-state index contributed by atoms with van der Waals surface area (Å²) in [6.45, 7) is 2.01. The van der Waals surface area contributed by atoms with Gasteiger partial charge in [-0.1, -0.05) is 6.92 Å². The van der Waals surface area contributed by atoms with Crippen LogP contribution in [0.15, 0.2) is 24.5 Å². The third-order valence-electron chi connectivity index (χ3n) is 2.23. The van der Waals surface area contributed by atoms with Crippen molar-refractivity contribution in [3.63, 3.8) is 0 Å². The molecule has 2 aromatic heterocycles. The summed E-state index contributed by atoms with van der Waals surface area (Å²) in [5.41, 5.74) is 0.684. The summed E-state index contributed by atoms with van der Waals surface area (Å²) < 4.78 is 1.90. The summed E-state index contributed by atoms with van der Waals surface area (Å²) in [5.74, 6) is -0.834. The van der Waals surface area contributed by atoms with Gasteiger partial charge in [-0.25, -0.2) is 4.98 Å². The maximum Gasteiger partial charge on any atom is 0.309 e. The van der Waals surface area contributed by atoms with Crippen molar-refractivity contribution in [3.05, 3.63) is 35.1 Å². The van der Waals surface area contributed by atoms with Crippen LogP contribution in [-0.4, -0.2) is 20.6 Å². The Balaban J connectivity index is 2.36. The van der Waals surface area contributed by atoms with Crippen LogP contribution in [0.5, 0.6) is 0 Å². The first kappa shape index (κ1) is 10.9. The highest BCUT2D eigenvalue weighted by molar-refractivity contribution is 7.14. The van der Waals surface area contributed by atoms with Crippen molar-refractivity contribution in [2.24, 2.45) is 0 Å². The molecule has 0 fully saturated rings. The van der Waals surface area contributed by atoms with E-state index in [1.54, 1.807) is 11.3 Å². The van der Waals surface area contributed by atoms with E-state index in [0.29, 0.717) is 5.69 Å².